The molecule has 0 aliphatic heterocycles. The number of pyridine rings is 2. The maximum Gasteiger partial charge on any atom is 0.253 e. The van der Waals surface area contributed by atoms with Crippen LogP contribution in [-0.2, 0) is 11.3 Å². The second kappa shape index (κ2) is 9.33. The van der Waals surface area contributed by atoms with Crippen LogP contribution in [0.5, 0.6) is 0 Å². The number of carbonyl (C=O) groups excluding carboxylic acids is 1. The molecule has 3 aromatic rings. The zero-order valence-corrected chi connectivity index (χ0v) is 19.5. The van der Waals surface area contributed by atoms with Crippen LogP contribution in [-0.4, -0.2) is 21.4 Å². The normalized spacial score (nSPS) is 15.8. The molecule has 0 spiro atoms. The van der Waals surface area contributed by atoms with E-state index in [1.54, 1.807) is 0 Å². The number of aromatic nitrogens is 2. The summed E-state index contributed by atoms with van der Waals surface area (Å²) in [5.74, 6) is -0.184. The van der Waals surface area contributed by atoms with Crippen molar-refractivity contribution in [1.29, 1.82) is 0 Å². The van der Waals surface area contributed by atoms with E-state index in [0.29, 0.717) is 11.1 Å². The first-order valence-corrected chi connectivity index (χ1v) is 11.6. The summed E-state index contributed by atoms with van der Waals surface area (Å²) in [5.41, 5.74) is 5.60. The van der Waals surface area contributed by atoms with Crippen molar-refractivity contribution < 1.29 is 9.53 Å². The lowest BCUT2D eigenvalue weighted by Gasteiger charge is -2.28. The fourth-order valence-corrected chi connectivity index (χ4v) is 4.96. The van der Waals surface area contributed by atoms with Gasteiger partial charge in [-0.15, -0.1) is 0 Å². The van der Waals surface area contributed by atoms with Gasteiger partial charge in [-0.05, 0) is 75.9 Å². The highest BCUT2D eigenvalue weighted by atomic mass is 16.5. The first-order valence-electron chi connectivity index (χ1n) is 11.6. The molecule has 2 N–H and O–H groups in total. The maximum absolute atomic E-state index is 13.2. The van der Waals surface area contributed by atoms with Crippen LogP contribution in [0.1, 0.15) is 83.6 Å². The molecule has 0 radical (unpaired) electrons. The summed E-state index contributed by atoms with van der Waals surface area (Å²) >= 11 is 0. The number of aromatic amines is 1. The molecular formula is C26H33N3O3. The van der Waals surface area contributed by atoms with Crippen molar-refractivity contribution >= 4 is 11.4 Å². The zero-order chi connectivity index (χ0) is 22.8. The largest absolute Gasteiger partial charge is 0.369 e. The van der Waals surface area contributed by atoms with Crippen molar-refractivity contribution in [3.8, 4) is 0 Å². The lowest BCUT2D eigenvalue weighted by atomic mass is 9.97. The number of hydrogen-bond acceptors (Lipinski definition) is 3. The SMILES string of the molecule is Cc1cc(C)c(CNC(=O)c2cc3cccn3c(C(C)OC3CCCCC3)c2C)c(=O)[nH]1. The van der Waals surface area contributed by atoms with E-state index in [9.17, 15) is 9.59 Å². The molecule has 1 atom stereocenters. The molecule has 0 saturated heterocycles. The summed E-state index contributed by atoms with van der Waals surface area (Å²) in [5, 5.41) is 2.95. The van der Waals surface area contributed by atoms with Gasteiger partial charge < -0.3 is 19.4 Å². The van der Waals surface area contributed by atoms with E-state index in [4.69, 9.17) is 4.74 Å². The van der Waals surface area contributed by atoms with Crippen molar-refractivity contribution in [2.75, 3.05) is 0 Å². The lowest BCUT2D eigenvalue weighted by molar-refractivity contribution is -0.0249. The summed E-state index contributed by atoms with van der Waals surface area (Å²) in [6.45, 7) is 7.99. The molecule has 1 amide bonds. The smallest absolute Gasteiger partial charge is 0.253 e. The van der Waals surface area contributed by atoms with Gasteiger partial charge in [0, 0.05) is 35.1 Å². The summed E-state index contributed by atoms with van der Waals surface area (Å²) in [7, 11) is 0. The Hall–Kier alpha value is -2.86. The third kappa shape index (κ3) is 4.51. The minimum Gasteiger partial charge on any atom is -0.369 e. The Kier molecular flexibility index (Phi) is 6.51. The van der Waals surface area contributed by atoms with Gasteiger partial charge in [0.2, 0.25) is 0 Å². The highest BCUT2D eigenvalue weighted by Gasteiger charge is 2.23. The molecular weight excluding hydrogens is 402 g/mol. The van der Waals surface area contributed by atoms with Crippen LogP contribution in [0.4, 0.5) is 0 Å². The number of carbonyl (C=O) groups is 1. The highest BCUT2D eigenvalue weighted by molar-refractivity contribution is 5.97. The standard InChI is InChI=1S/C26H33N3O3/c1-16-13-17(2)28-26(31)23(16)15-27-25(30)22-14-20-9-8-12-29(20)24(18(22)3)19(4)32-21-10-6-5-7-11-21/h8-9,12-14,19,21H,5-7,10-11,15H2,1-4H3,(H,27,30)(H,28,31). The van der Waals surface area contributed by atoms with Gasteiger partial charge in [-0.2, -0.15) is 0 Å². The van der Waals surface area contributed by atoms with Gasteiger partial charge in [0.1, 0.15) is 0 Å². The monoisotopic (exact) mass is 435 g/mol. The fraction of sp³-hybridized carbons (Fsp3) is 0.462. The number of H-pyrrole nitrogens is 1. The Balaban J connectivity index is 1.61. The Morgan fingerprint density at radius 1 is 1.22 bits per heavy atom. The van der Waals surface area contributed by atoms with E-state index in [2.05, 4.69) is 21.6 Å². The molecule has 170 valence electrons. The van der Waals surface area contributed by atoms with E-state index < -0.39 is 0 Å². The van der Waals surface area contributed by atoms with Gasteiger partial charge in [-0.3, -0.25) is 9.59 Å². The van der Waals surface area contributed by atoms with E-state index in [1.165, 1.54) is 19.3 Å². The molecule has 1 fully saturated rings. The molecule has 0 bridgehead atoms. The van der Waals surface area contributed by atoms with E-state index in [0.717, 1.165) is 40.9 Å². The van der Waals surface area contributed by atoms with Crippen LogP contribution in [0.15, 0.2) is 35.3 Å². The number of rotatable bonds is 6. The molecule has 6 nitrogen and oxygen atoms in total. The van der Waals surface area contributed by atoms with Crippen LogP contribution < -0.4 is 10.9 Å². The summed E-state index contributed by atoms with van der Waals surface area (Å²) in [4.78, 5) is 28.3. The lowest BCUT2D eigenvalue weighted by Crippen LogP contribution is -2.29. The second-order valence-electron chi connectivity index (χ2n) is 9.04. The average Bonchev–Trinajstić information content (AvgIpc) is 3.21. The van der Waals surface area contributed by atoms with Crippen LogP contribution >= 0.6 is 0 Å². The van der Waals surface area contributed by atoms with Crippen LogP contribution in [0.2, 0.25) is 0 Å². The van der Waals surface area contributed by atoms with Crippen molar-refractivity contribution in [2.24, 2.45) is 0 Å². The van der Waals surface area contributed by atoms with Gasteiger partial charge >= 0.3 is 0 Å². The zero-order valence-electron chi connectivity index (χ0n) is 19.5. The molecule has 6 heteroatoms. The quantitative estimate of drug-likeness (QED) is 0.579. The van der Waals surface area contributed by atoms with E-state index in [-0.39, 0.29) is 30.2 Å². The number of nitrogens with zero attached hydrogens (tertiary/aromatic N) is 1. The third-order valence-electron chi connectivity index (χ3n) is 6.62. The Morgan fingerprint density at radius 3 is 2.69 bits per heavy atom. The number of hydrogen-bond donors (Lipinski definition) is 2. The first kappa shape index (κ1) is 22.3. The molecule has 1 unspecified atom stereocenters. The van der Waals surface area contributed by atoms with Crippen LogP contribution in [0.3, 0.4) is 0 Å². The molecule has 1 saturated carbocycles. The fourth-order valence-electron chi connectivity index (χ4n) is 4.96. The predicted molar refractivity (Wildman–Crippen MR) is 126 cm³/mol. The predicted octanol–water partition coefficient (Wildman–Crippen LogP) is 4.89. The number of nitrogens with one attached hydrogen (secondary N) is 2. The van der Waals surface area contributed by atoms with E-state index in [1.807, 2.05) is 51.2 Å². The molecule has 3 heterocycles. The summed E-state index contributed by atoms with van der Waals surface area (Å²) in [6.07, 6.45) is 8.10. The van der Waals surface area contributed by atoms with Crippen LogP contribution in [0, 0.1) is 20.8 Å². The Morgan fingerprint density at radius 2 is 1.97 bits per heavy atom. The van der Waals surface area contributed by atoms with E-state index >= 15 is 0 Å². The topological polar surface area (TPSA) is 75.6 Å². The molecule has 1 aliphatic rings. The van der Waals surface area contributed by atoms with Gasteiger partial charge in [0.05, 0.1) is 17.9 Å². The summed E-state index contributed by atoms with van der Waals surface area (Å²) < 4.78 is 8.56. The minimum absolute atomic E-state index is 0.122. The number of aryl methyl sites for hydroxylation is 2. The average molecular weight is 436 g/mol. The first-order chi connectivity index (χ1) is 15.3. The molecule has 1 aliphatic carbocycles. The molecule has 32 heavy (non-hydrogen) atoms. The Labute approximate surface area is 189 Å². The van der Waals surface area contributed by atoms with Crippen molar-refractivity contribution in [3.63, 3.8) is 0 Å². The number of ether oxygens (including phenoxy) is 1. The molecule has 4 rings (SSSR count). The number of amides is 1. The van der Waals surface area contributed by atoms with Crippen LogP contribution in [0.25, 0.3) is 5.52 Å². The molecule has 0 aromatic carbocycles. The third-order valence-corrected chi connectivity index (χ3v) is 6.62. The molecule has 3 aromatic heterocycles. The number of fused-ring (bicyclic) bond motifs is 1. The van der Waals surface area contributed by atoms with Crippen molar-refractivity contribution in [3.05, 3.63) is 74.5 Å². The second-order valence-corrected chi connectivity index (χ2v) is 9.04. The van der Waals surface area contributed by atoms with Gasteiger partial charge in [0.15, 0.2) is 0 Å². The van der Waals surface area contributed by atoms with Crippen molar-refractivity contribution in [2.45, 2.75) is 78.6 Å². The maximum atomic E-state index is 13.2. The minimum atomic E-state index is -0.184. The van der Waals surface area contributed by atoms with Gasteiger partial charge in [0.25, 0.3) is 11.5 Å². The van der Waals surface area contributed by atoms with Gasteiger partial charge in [-0.1, -0.05) is 19.3 Å². The Bertz CT molecular complexity index is 1180. The highest BCUT2D eigenvalue weighted by Crippen LogP contribution is 2.30. The van der Waals surface area contributed by atoms with Gasteiger partial charge in [-0.25, -0.2) is 0 Å². The van der Waals surface area contributed by atoms with Crippen molar-refractivity contribution in [1.82, 2.24) is 14.7 Å². The summed E-state index contributed by atoms with van der Waals surface area (Å²) in [6, 6.07) is 7.82.